The maximum atomic E-state index is 6.10. The van der Waals surface area contributed by atoms with Crippen LogP contribution in [0.5, 0.6) is 0 Å². The van der Waals surface area contributed by atoms with Crippen molar-refractivity contribution in [2.24, 2.45) is 0 Å². The van der Waals surface area contributed by atoms with Crippen molar-refractivity contribution in [3.63, 3.8) is 0 Å². The predicted molar refractivity (Wildman–Crippen MR) is 115 cm³/mol. The molecule has 3 nitrogen and oxygen atoms in total. The summed E-state index contributed by atoms with van der Waals surface area (Å²) in [6, 6.07) is 14.4. The van der Waals surface area contributed by atoms with Gasteiger partial charge in [-0.2, -0.15) is 0 Å². The topological polar surface area (TPSA) is 27.3 Å². The molecule has 2 N–H and O–H groups in total. The van der Waals surface area contributed by atoms with Gasteiger partial charge in [0.25, 0.3) is 0 Å². The number of hydrogen-bond acceptors (Lipinski definition) is 2. The third kappa shape index (κ3) is 5.09. The fourth-order valence-corrected chi connectivity index (χ4v) is 3.71. The molecule has 0 aromatic heterocycles. The molecule has 0 fully saturated rings. The smallest absolute Gasteiger partial charge is 0.170 e. The summed E-state index contributed by atoms with van der Waals surface area (Å²) in [6.45, 7) is 3.02. The molecule has 0 amide bonds. The first-order valence-corrected chi connectivity index (χ1v) is 10.0. The number of thiocarbonyl (C=S) groups is 1. The number of aryl methyl sites for hydroxylation is 1. The van der Waals surface area contributed by atoms with Gasteiger partial charge < -0.3 is 15.5 Å². The molecule has 132 valence electrons. The van der Waals surface area contributed by atoms with Crippen LogP contribution in [-0.2, 0) is 6.42 Å². The van der Waals surface area contributed by atoms with Gasteiger partial charge in [0, 0.05) is 35.5 Å². The first kappa shape index (κ1) is 18.5. The van der Waals surface area contributed by atoms with E-state index in [4.69, 9.17) is 23.8 Å². The Hall–Kier alpha value is -1.30. The van der Waals surface area contributed by atoms with Gasteiger partial charge in [-0.15, -0.1) is 0 Å². The van der Waals surface area contributed by atoms with E-state index in [0.717, 1.165) is 36.2 Å². The molecule has 1 aliphatic heterocycles. The highest BCUT2D eigenvalue weighted by molar-refractivity contribution is 9.10. The number of benzene rings is 2. The normalized spacial score (nSPS) is 13.3. The summed E-state index contributed by atoms with van der Waals surface area (Å²) >= 11 is 14.8. The van der Waals surface area contributed by atoms with Crippen molar-refractivity contribution in [1.29, 1.82) is 0 Å². The second kappa shape index (κ2) is 8.88. The summed E-state index contributed by atoms with van der Waals surface area (Å²) < 4.78 is 0.875. The van der Waals surface area contributed by atoms with Crippen molar-refractivity contribution >= 4 is 56.2 Å². The summed E-state index contributed by atoms with van der Waals surface area (Å²) in [5, 5.41) is 7.72. The molecule has 1 aliphatic rings. The van der Waals surface area contributed by atoms with Crippen LogP contribution < -0.4 is 15.5 Å². The van der Waals surface area contributed by atoms with E-state index >= 15 is 0 Å². The molecule has 1 heterocycles. The van der Waals surface area contributed by atoms with Gasteiger partial charge in [-0.1, -0.05) is 29.8 Å². The van der Waals surface area contributed by atoms with Crippen molar-refractivity contribution in [3.05, 3.63) is 57.5 Å². The number of nitrogens with one attached hydrogen (secondary N) is 2. The van der Waals surface area contributed by atoms with Crippen molar-refractivity contribution in [2.75, 3.05) is 29.9 Å². The zero-order valence-electron chi connectivity index (χ0n) is 13.9. The molecule has 2 aromatic carbocycles. The van der Waals surface area contributed by atoms with Gasteiger partial charge in [-0.25, -0.2) is 0 Å². The van der Waals surface area contributed by atoms with Gasteiger partial charge in [-0.05, 0) is 77.2 Å². The zero-order chi connectivity index (χ0) is 17.6. The lowest BCUT2D eigenvalue weighted by atomic mass is 10.0. The minimum atomic E-state index is 0.623. The molecular weight excluding hydrogens is 418 g/mol. The van der Waals surface area contributed by atoms with Crippen LogP contribution in [0.4, 0.5) is 11.4 Å². The molecule has 0 atom stereocenters. The Labute approximate surface area is 167 Å². The standard InChI is InChI=1S/C19H21BrClN3S/c20-16-9-8-15(13-17(16)21)23-19(25)22-10-4-12-24-11-3-6-14-5-1-2-7-18(14)24/h1-2,5,7-9,13H,3-4,6,10-12H2,(H2,22,23,25). The van der Waals surface area contributed by atoms with Gasteiger partial charge >= 0.3 is 0 Å². The van der Waals surface area contributed by atoms with E-state index in [1.807, 2.05) is 18.2 Å². The van der Waals surface area contributed by atoms with Crippen molar-refractivity contribution in [1.82, 2.24) is 5.32 Å². The van der Waals surface area contributed by atoms with Gasteiger partial charge in [0.05, 0.1) is 5.02 Å². The third-order valence-corrected chi connectivity index (χ3v) is 5.75. The number of rotatable bonds is 5. The van der Waals surface area contributed by atoms with Gasteiger partial charge in [0.2, 0.25) is 0 Å². The van der Waals surface area contributed by atoms with E-state index in [1.165, 1.54) is 24.1 Å². The average Bonchev–Trinajstić information content (AvgIpc) is 2.62. The number of hydrogen-bond donors (Lipinski definition) is 2. The highest BCUT2D eigenvalue weighted by Gasteiger charge is 2.15. The Balaban J connectivity index is 1.43. The largest absolute Gasteiger partial charge is 0.371 e. The molecule has 0 spiro atoms. The van der Waals surface area contributed by atoms with Gasteiger partial charge in [0.15, 0.2) is 5.11 Å². The maximum Gasteiger partial charge on any atom is 0.170 e. The van der Waals surface area contributed by atoms with E-state index < -0.39 is 0 Å². The Kier molecular flexibility index (Phi) is 6.57. The van der Waals surface area contributed by atoms with E-state index in [1.54, 1.807) is 0 Å². The molecule has 0 saturated heterocycles. The summed E-state index contributed by atoms with van der Waals surface area (Å²) in [6.07, 6.45) is 3.46. The summed E-state index contributed by atoms with van der Waals surface area (Å²) in [5.41, 5.74) is 3.74. The van der Waals surface area contributed by atoms with Crippen molar-refractivity contribution in [2.45, 2.75) is 19.3 Å². The minimum Gasteiger partial charge on any atom is -0.371 e. The van der Waals surface area contributed by atoms with Gasteiger partial charge in [0.1, 0.15) is 0 Å². The fourth-order valence-electron chi connectivity index (χ4n) is 3.06. The first-order chi connectivity index (χ1) is 12.1. The lowest BCUT2D eigenvalue weighted by Crippen LogP contribution is -2.34. The Morgan fingerprint density at radius 1 is 1.24 bits per heavy atom. The monoisotopic (exact) mass is 437 g/mol. The van der Waals surface area contributed by atoms with Crippen molar-refractivity contribution in [3.8, 4) is 0 Å². The Morgan fingerprint density at radius 2 is 2.08 bits per heavy atom. The van der Waals surface area contributed by atoms with E-state index in [-0.39, 0.29) is 0 Å². The van der Waals surface area contributed by atoms with E-state index in [9.17, 15) is 0 Å². The SMILES string of the molecule is S=C(NCCCN1CCCc2ccccc21)Nc1ccc(Br)c(Cl)c1. The van der Waals surface area contributed by atoms with Gasteiger partial charge in [-0.3, -0.25) is 0 Å². The minimum absolute atomic E-state index is 0.623. The van der Waals surface area contributed by atoms with Crippen LogP contribution in [0.3, 0.4) is 0 Å². The summed E-state index contributed by atoms with van der Waals surface area (Å²) in [7, 11) is 0. The highest BCUT2D eigenvalue weighted by Crippen LogP contribution is 2.27. The average molecular weight is 439 g/mol. The number of halogens is 2. The number of nitrogens with zero attached hydrogens (tertiary/aromatic N) is 1. The molecule has 6 heteroatoms. The molecule has 0 saturated carbocycles. The quantitative estimate of drug-likeness (QED) is 0.493. The molecule has 25 heavy (non-hydrogen) atoms. The molecule has 0 aliphatic carbocycles. The number of fused-ring (bicyclic) bond motifs is 1. The molecule has 0 bridgehead atoms. The summed E-state index contributed by atoms with van der Waals surface area (Å²) in [4.78, 5) is 2.48. The molecule has 3 rings (SSSR count). The van der Waals surface area contributed by atoms with Crippen LogP contribution in [0.2, 0.25) is 5.02 Å². The third-order valence-electron chi connectivity index (χ3n) is 4.27. The first-order valence-electron chi connectivity index (χ1n) is 8.46. The fraction of sp³-hybridized carbons (Fsp3) is 0.316. The highest BCUT2D eigenvalue weighted by atomic mass is 79.9. The van der Waals surface area contributed by atoms with Crippen molar-refractivity contribution < 1.29 is 0 Å². The Bertz CT molecular complexity index is 753. The van der Waals surface area contributed by atoms with Crippen LogP contribution in [-0.4, -0.2) is 24.7 Å². The second-order valence-electron chi connectivity index (χ2n) is 6.08. The van der Waals surface area contributed by atoms with Crippen LogP contribution in [0.25, 0.3) is 0 Å². The second-order valence-corrected chi connectivity index (χ2v) is 7.75. The number of para-hydroxylation sites is 1. The van der Waals surface area contributed by atoms with E-state index in [2.05, 4.69) is 55.7 Å². The lowest BCUT2D eigenvalue weighted by molar-refractivity contribution is 0.658. The van der Waals surface area contributed by atoms with Crippen LogP contribution in [0.1, 0.15) is 18.4 Å². The van der Waals surface area contributed by atoms with Crippen LogP contribution >= 0.6 is 39.7 Å². The van der Waals surface area contributed by atoms with Crippen LogP contribution in [0, 0.1) is 0 Å². The van der Waals surface area contributed by atoms with Crippen LogP contribution in [0.15, 0.2) is 46.9 Å². The van der Waals surface area contributed by atoms with E-state index in [0.29, 0.717) is 10.1 Å². The molecular formula is C19H21BrClN3S. The predicted octanol–water partition coefficient (Wildman–Crippen LogP) is 5.23. The molecule has 0 radical (unpaired) electrons. The lowest BCUT2D eigenvalue weighted by Gasteiger charge is -2.31. The molecule has 0 unspecified atom stereocenters. The Morgan fingerprint density at radius 3 is 2.92 bits per heavy atom. The zero-order valence-corrected chi connectivity index (χ0v) is 17.1. The number of anilines is 2. The molecule has 2 aromatic rings. The maximum absolute atomic E-state index is 6.10. The summed E-state index contributed by atoms with van der Waals surface area (Å²) in [5.74, 6) is 0.